The van der Waals surface area contributed by atoms with Gasteiger partial charge in [-0.25, -0.2) is 9.78 Å². The Morgan fingerprint density at radius 2 is 1.79 bits per heavy atom. The summed E-state index contributed by atoms with van der Waals surface area (Å²) in [5.74, 6) is 2.66. The molecule has 1 aromatic heterocycles. The molecule has 39 heavy (non-hydrogen) atoms. The Morgan fingerprint density at radius 1 is 1.08 bits per heavy atom. The Kier molecular flexibility index (Phi) is 8.14. The van der Waals surface area contributed by atoms with Crippen LogP contribution in [0.5, 0.6) is 0 Å². The molecule has 1 heterocycles. The smallest absolute Gasteiger partial charge is 0.258 e. The second kappa shape index (κ2) is 11.7. The Labute approximate surface area is 228 Å². The van der Waals surface area contributed by atoms with Gasteiger partial charge in [-0.05, 0) is 75.4 Å². The number of benzene rings is 3. The zero-order valence-corrected chi connectivity index (χ0v) is 22.6. The predicted octanol–water partition coefficient (Wildman–Crippen LogP) is 5.62. The van der Waals surface area contributed by atoms with Crippen molar-refractivity contribution in [3.8, 4) is 6.07 Å². The van der Waals surface area contributed by atoms with Gasteiger partial charge in [0.2, 0.25) is 0 Å². The van der Waals surface area contributed by atoms with E-state index in [4.69, 9.17) is 15.0 Å². The van der Waals surface area contributed by atoms with Crippen molar-refractivity contribution < 1.29 is 14.3 Å². The van der Waals surface area contributed by atoms with Gasteiger partial charge in [0.05, 0.1) is 29.2 Å². The molecule has 4 rings (SSSR count). The summed E-state index contributed by atoms with van der Waals surface area (Å²) in [5.41, 5.74) is 3.77. The Bertz CT molecular complexity index is 1550. The summed E-state index contributed by atoms with van der Waals surface area (Å²) in [6.07, 6.45) is 0.235. The van der Waals surface area contributed by atoms with Gasteiger partial charge in [-0.3, -0.25) is 4.79 Å². The maximum Gasteiger partial charge on any atom is 0.258 e. The van der Waals surface area contributed by atoms with E-state index in [1.807, 2.05) is 86.9 Å². The number of para-hydroxylation sites is 1. The summed E-state index contributed by atoms with van der Waals surface area (Å²) in [4.78, 5) is 31.6. The molecule has 0 saturated heterocycles. The third kappa shape index (κ3) is 6.72. The van der Waals surface area contributed by atoms with Crippen molar-refractivity contribution in [2.45, 2.75) is 39.3 Å². The minimum atomic E-state index is -0.537. The van der Waals surface area contributed by atoms with Crippen molar-refractivity contribution >= 4 is 34.3 Å². The standard InChI is InChI=1S/C31H31N5O3/c1-31(2,3)39-26(21-37)16-17-36(25-8-6-5-7-9-25)30(38)23-12-15-28-27(18-23)34-29(35(28)4)20-33-24-13-10-22(19-32)11-14-24/h5-15,18,33H,16-17,20H2,1-4H3. The zero-order valence-electron chi connectivity index (χ0n) is 22.6. The van der Waals surface area contributed by atoms with Crippen LogP contribution in [0.4, 0.5) is 11.4 Å². The number of aryl methyl sites for hydroxylation is 1. The van der Waals surface area contributed by atoms with Crippen LogP contribution in [0.15, 0.2) is 78.6 Å². The minimum Gasteiger partial charge on any atom is -0.481 e. The molecule has 1 N–H and O–H groups in total. The average molecular weight is 522 g/mol. The van der Waals surface area contributed by atoms with Gasteiger partial charge in [0.25, 0.3) is 5.91 Å². The van der Waals surface area contributed by atoms with Gasteiger partial charge in [0, 0.05) is 37.0 Å². The third-order valence-corrected chi connectivity index (χ3v) is 6.10. The number of anilines is 2. The van der Waals surface area contributed by atoms with Gasteiger partial charge >= 0.3 is 0 Å². The first-order valence-electron chi connectivity index (χ1n) is 12.7. The predicted molar refractivity (Wildman–Crippen MR) is 152 cm³/mol. The molecule has 0 radical (unpaired) electrons. The molecular weight excluding hydrogens is 490 g/mol. The van der Waals surface area contributed by atoms with Crippen LogP contribution in [0, 0.1) is 11.3 Å². The molecule has 8 heteroatoms. The molecular formula is C31H31N5O3. The second-order valence-electron chi connectivity index (χ2n) is 10.1. The van der Waals surface area contributed by atoms with Gasteiger partial charge in [-0.2, -0.15) is 5.26 Å². The third-order valence-electron chi connectivity index (χ3n) is 6.10. The van der Waals surface area contributed by atoms with Crippen LogP contribution >= 0.6 is 0 Å². The normalized spacial score (nSPS) is 10.9. The van der Waals surface area contributed by atoms with E-state index in [-0.39, 0.29) is 24.6 Å². The molecule has 0 fully saturated rings. The number of amides is 1. The van der Waals surface area contributed by atoms with Gasteiger partial charge in [0.1, 0.15) is 11.4 Å². The fourth-order valence-electron chi connectivity index (χ4n) is 4.20. The molecule has 4 aromatic rings. The van der Waals surface area contributed by atoms with E-state index in [0.29, 0.717) is 23.2 Å². The summed E-state index contributed by atoms with van der Waals surface area (Å²) < 4.78 is 7.71. The lowest BCUT2D eigenvalue weighted by molar-refractivity contribution is 0.0499. The first-order valence-corrected chi connectivity index (χ1v) is 12.7. The van der Waals surface area contributed by atoms with Crippen molar-refractivity contribution in [3.05, 3.63) is 95.5 Å². The van der Waals surface area contributed by atoms with Crippen LogP contribution in [0.2, 0.25) is 0 Å². The summed E-state index contributed by atoms with van der Waals surface area (Å²) in [7, 11) is 1.94. The average Bonchev–Trinajstić information content (AvgIpc) is 3.25. The first-order chi connectivity index (χ1) is 18.7. The first kappa shape index (κ1) is 27.2. The number of nitriles is 1. The fourth-order valence-corrected chi connectivity index (χ4v) is 4.20. The molecule has 0 atom stereocenters. The molecule has 1 amide bonds. The van der Waals surface area contributed by atoms with Crippen molar-refractivity contribution in [2.75, 3.05) is 16.8 Å². The van der Waals surface area contributed by atoms with Crippen LogP contribution in [0.1, 0.15) is 48.9 Å². The van der Waals surface area contributed by atoms with Crippen LogP contribution in [0.25, 0.3) is 11.0 Å². The number of nitrogens with zero attached hydrogens (tertiary/aromatic N) is 4. The lowest BCUT2D eigenvalue weighted by atomic mass is 10.1. The van der Waals surface area contributed by atoms with Crippen LogP contribution in [-0.2, 0) is 23.1 Å². The number of carbonyl (C=O) groups excluding carboxylic acids is 2. The molecule has 0 spiro atoms. The second-order valence-corrected chi connectivity index (χ2v) is 10.1. The van der Waals surface area contributed by atoms with Crippen LogP contribution < -0.4 is 10.2 Å². The maximum absolute atomic E-state index is 13.7. The highest BCUT2D eigenvalue weighted by atomic mass is 16.5. The lowest BCUT2D eigenvalue weighted by Crippen LogP contribution is -2.33. The number of carbonyl (C=O) groups is 1. The summed E-state index contributed by atoms with van der Waals surface area (Å²) in [6, 6.07) is 24.2. The van der Waals surface area contributed by atoms with Crippen molar-refractivity contribution in [2.24, 2.45) is 7.05 Å². The SMILES string of the molecule is Cn1c(CNc2ccc(C#N)cc2)nc2cc(C(=O)N(CCC(=C=O)OC(C)(C)C)c3ccccc3)ccc21. The molecule has 0 unspecified atom stereocenters. The number of imidazole rings is 1. The number of aromatic nitrogens is 2. The maximum atomic E-state index is 13.7. The number of fused-ring (bicyclic) bond motifs is 1. The van der Waals surface area contributed by atoms with Gasteiger partial charge in [0.15, 0.2) is 11.7 Å². The quantitative estimate of drug-likeness (QED) is 0.227. The van der Waals surface area contributed by atoms with Crippen molar-refractivity contribution in [1.29, 1.82) is 5.26 Å². The van der Waals surface area contributed by atoms with Gasteiger partial charge < -0.3 is 19.5 Å². The molecule has 0 aliphatic carbocycles. The number of rotatable bonds is 9. The Hall–Kier alpha value is -4.86. The topological polar surface area (TPSA) is 100 Å². The molecule has 3 aromatic carbocycles. The van der Waals surface area contributed by atoms with Crippen LogP contribution in [-0.4, -0.2) is 33.5 Å². The number of hydrogen-bond donors (Lipinski definition) is 1. The summed E-state index contributed by atoms with van der Waals surface area (Å²) in [5, 5.41) is 12.3. The lowest BCUT2D eigenvalue weighted by Gasteiger charge is -2.25. The van der Waals surface area contributed by atoms with E-state index in [9.17, 15) is 9.59 Å². The summed E-state index contributed by atoms with van der Waals surface area (Å²) >= 11 is 0. The molecule has 8 nitrogen and oxygen atoms in total. The van der Waals surface area contributed by atoms with E-state index < -0.39 is 5.60 Å². The Balaban J connectivity index is 1.56. The van der Waals surface area contributed by atoms with E-state index >= 15 is 0 Å². The van der Waals surface area contributed by atoms with Crippen molar-refractivity contribution in [1.82, 2.24) is 9.55 Å². The number of ether oxygens (including phenoxy) is 1. The van der Waals surface area contributed by atoms with E-state index in [1.54, 1.807) is 29.2 Å². The summed E-state index contributed by atoms with van der Waals surface area (Å²) in [6.45, 7) is 6.32. The minimum absolute atomic E-state index is 0.177. The van der Waals surface area contributed by atoms with E-state index in [0.717, 1.165) is 22.7 Å². The monoisotopic (exact) mass is 521 g/mol. The number of nitrogens with one attached hydrogen (secondary N) is 1. The highest BCUT2D eigenvalue weighted by Crippen LogP contribution is 2.23. The largest absolute Gasteiger partial charge is 0.481 e. The Morgan fingerprint density at radius 3 is 2.44 bits per heavy atom. The molecule has 198 valence electrons. The van der Waals surface area contributed by atoms with Gasteiger partial charge in [-0.15, -0.1) is 0 Å². The highest BCUT2D eigenvalue weighted by Gasteiger charge is 2.22. The van der Waals surface area contributed by atoms with E-state index in [1.165, 1.54) is 0 Å². The van der Waals surface area contributed by atoms with Crippen LogP contribution in [0.3, 0.4) is 0 Å². The van der Waals surface area contributed by atoms with E-state index in [2.05, 4.69) is 11.4 Å². The number of hydrogen-bond acceptors (Lipinski definition) is 6. The zero-order chi connectivity index (χ0) is 28.0. The highest BCUT2D eigenvalue weighted by molar-refractivity contribution is 6.07. The molecule has 0 bridgehead atoms. The molecule has 0 aliphatic heterocycles. The molecule has 0 saturated carbocycles. The van der Waals surface area contributed by atoms with Crippen molar-refractivity contribution in [3.63, 3.8) is 0 Å². The molecule has 0 aliphatic rings. The van der Waals surface area contributed by atoms with Gasteiger partial charge in [-0.1, -0.05) is 18.2 Å². The fraction of sp³-hybridized carbons (Fsp3) is 0.258.